The first-order valence-corrected chi connectivity index (χ1v) is 9.26. The third kappa shape index (κ3) is 3.08. The van der Waals surface area contributed by atoms with Crippen LogP contribution in [0.5, 0.6) is 0 Å². The van der Waals surface area contributed by atoms with E-state index in [4.69, 9.17) is 37.8 Å². The molecule has 0 aliphatic carbocycles. The maximum atomic E-state index is 13.3. The fraction of sp³-hybridized carbons (Fsp3) is 0.200. The summed E-state index contributed by atoms with van der Waals surface area (Å²) in [4.78, 5) is 25.8. The minimum atomic E-state index is -1.51. The molecule has 0 aromatic heterocycles. The number of hydrogen-bond donors (Lipinski definition) is 1. The number of halogens is 2. The number of carbonyl (C=O) groups is 2. The average molecular weight is 420 g/mol. The Morgan fingerprint density at radius 1 is 1.21 bits per heavy atom. The lowest BCUT2D eigenvalue weighted by Gasteiger charge is -2.22. The monoisotopic (exact) mass is 419 g/mol. The van der Waals surface area contributed by atoms with E-state index in [0.717, 1.165) is 6.08 Å². The second-order valence-corrected chi connectivity index (χ2v) is 7.20. The Kier molecular flexibility index (Phi) is 4.89. The molecule has 1 spiro atoms. The predicted molar refractivity (Wildman–Crippen MR) is 104 cm³/mol. The van der Waals surface area contributed by atoms with Crippen LogP contribution in [0, 0.1) is 0 Å². The molecule has 0 unspecified atom stereocenters. The number of fused-ring (bicyclic) bond motifs is 2. The molecule has 144 valence electrons. The number of hydrogen-bond acceptors (Lipinski definition) is 4. The fourth-order valence-electron chi connectivity index (χ4n) is 3.48. The van der Waals surface area contributed by atoms with E-state index >= 15 is 0 Å². The Morgan fingerprint density at radius 3 is 2.64 bits per heavy atom. The van der Waals surface area contributed by atoms with Crippen molar-refractivity contribution in [3.8, 4) is 0 Å². The Bertz CT molecular complexity index is 998. The molecule has 0 saturated carbocycles. The van der Waals surface area contributed by atoms with Gasteiger partial charge in [0.15, 0.2) is 0 Å². The zero-order valence-electron chi connectivity index (χ0n) is 14.5. The number of anilines is 1. The summed E-state index contributed by atoms with van der Waals surface area (Å²) in [5, 5.41) is 9.91. The van der Waals surface area contributed by atoms with Gasteiger partial charge in [0.25, 0.3) is 11.7 Å². The molecule has 0 atom stereocenters. The van der Waals surface area contributed by atoms with Crippen molar-refractivity contribution >= 4 is 46.8 Å². The quantitative estimate of drug-likeness (QED) is 0.761. The standard InChI is InChI=1S/C20H15Cl2NO5/c21-14-6-4-13(16(22)10-14)11-23-18-12(5-7-17(24)25)2-1-3-15(18)20(19(23)26)27-8-9-28-20/h1-7,10H,8-9,11H2,(H,24,25)/b7-5+. The first-order chi connectivity index (χ1) is 13.4. The van der Waals surface area contributed by atoms with Gasteiger partial charge in [0, 0.05) is 21.7 Å². The lowest BCUT2D eigenvalue weighted by molar-refractivity contribution is -0.180. The van der Waals surface area contributed by atoms with Crippen LogP contribution in [-0.4, -0.2) is 30.2 Å². The van der Waals surface area contributed by atoms with E-state index in [1.807, 2.05) is 0 Å². The van der Waals surface area contributed by atoms with Crippen molar-refractivity contribution < 1.29 is 24.2 Å². The molecule has 2 aromatic rings. The number of carboxylic acid groups (broad SMARTS) is 1. The van der Waals surface area contributed by atoms with E-state index in [-0.39, 0.29) is 25.7 Å². The molecule has 0 radical (unpaired) electrons. The lowest BCUT2D eigenvalue weighted by Crippen LogP contribution is -2.41. The highest BCUT2D eigenvalue weighted by molar-refractivity contribution is 6.35. The van der Waals surface area contributed by atoms with Gasteiger partial charge in [0.2, 0.25) is 0 Å². The van der Waals surface area contributed by atoms with Gasteiger partial charge in [-0.25, -0.2) is 4.79 Å². The fourth-order valence-corrected chi connectivity index (χ4v) is 3.95. The van der Waals surface area contributed by atoms with Gasteiger partial charge in [-0.05, 0) is 29.3 Å². The summed E-state index contributed by atoms with van der Waals surface area (Å²) in [5.41, 5.74) is 2.34. The molecule has 28 heavy (non-hydrogen) atoms. The highest BCUT2D eigenvalue weighted by atomic mass is 35.5. The second kappa shape index (κ2) is 7.22. The summed E-state index contributed by atoms with van der Waals surface area (Å²) in [5.74, 6) is -2.97. The summed E-state index contributed by atoms with van der Waals surface area (Å²) in [6, 6.07) is 10.3. The predicted octanol–water partition coefficient (Wildman–Crippen LogP) is 3.84. The van der Waals surface area contributed by atoms with Gasteiger partial charge in [-0.3, -0.25) is 4.79 Å². The van der Waals surface area contributed by atoms with E-state index in [1.54, 1.807) is 36.4 Å². The van der Waals surface area contributed by atoms with Crippen LogP contribution in [0.2, 0.25) is 10.0 Å². The topological polar surface area (TPSA) is 76.1 Å². The number of rotatable bonds is 4. The van der Waals surface area contributed by atoms with E-state index in [1.165, 1.54) is 11.0 Å². The van der Waals surface area contributed by atoms with Crippen LogP contribution < -0.4 is 4.90 Å². The number of amides is 1. The number of benzene rings is 2. The Morgan fingerprint density at radius 2 is 1.96 bits per heavy atom. The van der Waals surface area contributed by atoms with Crippen molar-refractivity contribution in [1.29, 1.82) is 0 Å². The third-order valence-electron chi connectivity index (χ3n) is 4.66. The van der Waals surface area contributed by atoms with Crippen molar-refractivity contribution in [2.75, 3.05) is 18.1 Å². The Labute approximate surface area is 170 Å². The van der Waals surface area contributed by atoms with Crippen LogP contribution >= 0.6 is 23.2 Å². The molecule has 0 bridgehead atoms. The largest absolute Gasteiger partial charge is 0.478 e. The summed E-state index contributed by atoms with van der Waals surface area (Å²) in [6.07, 6.45) is 2.47. The van der Waals surface area contributed by atoms with Gasteiger partial charge < -0.3 is 19.5 Å². The number of para-hydroxylation sites is 1. The summed E-state index contributed by atoms with van der Waals surface area (Å²) < 4.78 is 11.5. The van der Waals surface area contributed by atoms with Crippen LogP contribution in [0.1, 0.15) is 16.7 Å². The zero-order chi connectivity index (χ0) is 19.9. The van der Waals surface area contributed by atoms with Gasteiger partial charge in [0.05, 0.1) is 25.4 Å². The molecule has 1 amide bonds. The molecule has 4 rings (SSSR count). The smallest absolute Gasteiger partial charge is 0.328 e. The first kappa shape index (κ1) is 19.0. The molecular weight excluding hydrogens is 405 g/mol. The minimum Gasteiger partial charge on any atom is -0.478 e. The Balaban J connectivity index is 1.84. The second-order valence-electron chi connectivity index (χ2n) is 6.36. The van der Waals surface area contributed by atoms with E-state index < -0.39 is 11.8 Å². The number of aliphatic carboxylic acids is 1. The molecule has 2 aliphatic rings. The highest BCUT2D eigenvalue weighted by Crippen LogP contribution is 2.48. The molecule has 8 heteroatoms. The van der Waals surface area contributed by atoms with E-state index in [9.17, 15) is 9.59 Å². The van der Waals surface area contributed by atoms with Gasteiger partial charge in [-0.1, -0.05) is 47.5 Å². The van der Waals surface area contributed by atoms with Crippen LogP contribution in [0.25, 0.3) is 6.08 Å². The van der Waals surface area contributed by atoms with Gasteiger partial charge in [-0.2, -0.15) is 0 Å². The van der Waals surface area contributed by atoms with Crippen molar-refractivity contribution in [3.05, 3.63) is 69.2 Å². The molecule has 6 nitrogen and oxygen atoms in total. The molecule has 1 fully saturated rings. The molecule has 1 N–H and O–H groups in total. The van der Waals surface area contributed by atoms with Gasteiger partial charge >= 0.3 is 5.97 Å². The Hall–Kier alpha value is -2.38. The van der Waals surface area contributed by atoms with Gasteiger partial charge in [0.1, 0.15) is 0 Å². The van der Waals surface area contributed by atoms with Gasteiger partial charge in [-0.15, -0.1) is 0 Å². The number of carboxylic acids is 1. The van der Waals surface area contributed by atoms with Crippen molar-refractivity contribution in [3.63, 3.8) is 0 Å². The van der Waals surface area contributed by atoms with Crippen LogP contribution in [0.15, 0.2) is 42.5 Å². The molecule has 2 heterocycles. The highest BCUT2D eigenvalue weighted by Gasteiger charge is 2.56. The summed E-state index contributed by atoms with van der Waals surface area (Å²) >= 11 is 12.3. The molecule has 1 saturated heterocycles. The van der Waals surface area contributed by atoms with Crippen molar-refractivity contribution in [2.45, 2.75) is 12.3 Å². The average Bonchev–Trinajstić information content (AvgIpc) is 3.23. The van der Waals surface area contributed by atoms with E-state index in [0.29, 0.717) is 32.4 Å². The van der Waals surface area contributed by atoms with E-state index in [2.05, 4.69) is 0 Å². The van der Waals surface area contributed by atoms with Crippen LogP contribution in [0.4, 0.5) is 5.69 Å². The summed E-state index contributed by atoms with van der Waals surface area (Å²) in [6.45, 7) is 0.736. The maximum absolute atomic E-state index is 13.3. The first-order valence-electron chi connectivity index (χ1n) is 8.51. The number of ether oxygens (including phenoxy) is 2. The molecule has 2 aliphatic heterocycles. The third-order valence-corrected chi connectivity index (χ3v) is 5.25. The maximum Gasteiger partial charge on any atom is 0.328 e. The molecule has 2 aromatic carbocycles. The van der Waals surface area contributed by atoms with Crippen molar-refractivity contribution in [2.24, 2.45) is 0 Å². The number of nitrogens with zero attached hydrogens (tertiary/aromatic N) is 1. The minimum absolute atomic E-state index is 0.161. The van der Waals surface area contributed by atoms with Crippen LogP contribution in [0.3, 0.4) is 0 Å². The summed E-state index contributed by atoms with van der Waals surface area (Å²) in [7, 11) is 0. The normalized spacial score (nSPS) is 17.6. The molecular formula is C20H15Cl2NO5. The SMILES string of the molecule is O=C(O)/C=C/c1cccc2c1N(Cc1ccc(Cl)cc1Cl)C(=O)C21OCCO1. The van der Waals surface area contributed by atoms with Crippen LogP contribution in [-0.2, 0) is 31.4 Å². The lowest BCUT2D eigenvalue weighted by atomic mass is 10.0. The number of carbonyl (C=O) groups excluding carboxylic acids is 1. The van der Waals surface area contributed by atoms with Crippen molar-refractivity contribution in [1.82, 2.24) is 0 Å². The zero-order valence-corrected chi connectivity index (χ0v) is 16.0.